The Morgan fingerprint density at radius 1 is 1.28 bits per heavy atom. The Labute approximate surface area is 114 Å². The largest absolute Gasteiger partial charge is 0.228 e. The smallest absolute Gasteiger partial charge is 0.154 e. The monoisotopic (exact) mass is 286 g/mol. The van der Waals surface area contributed by atoms with Crippen LogP contribution in [-0.4, -0.2) is 19.4 Å². The second kappa shape index (κ2) is 5.22. The molecule has 18 heavy (non-hydrogen) atoms. The van der Waals surface area contributed by atoms with E-state index in [1.807, 2.05) is 32.0 Å². The molecule has 0 bridgehead atoms. The van der Waals surface area contributed by atoms with Crippen LogP contribution in [-0.2, 0) is 9.84 Å². The van der Waals surface area contributed by atoms with Crippen molar-refractivity contribution in [1.29, 1.82) is 0 Å². The second-order valence-electron chi connectivity index (χ2n) is 5.16. The Balaban J connectivity index is 2.35. The highest BCUT2D eigenvalue weighted by atomic mass is 35.5. The summed E-state index contributed by atoms with van der Waals surface area (Å²) in [6.45, 7) is 3.99. The summed E-state index contributed by atoms with van der Waals surface area (Å²) in [5, 5.41) is -0.844. The van der Waals surface area contributed by atoms with E-state index in [0.29, 0.717) is 6.42 Å². The minimum atomic E-state index is -3.03. The lowest BCUT2D eigenvalue weighted by molar-refractivity contribution is 0.533. The summed E-state index contributed by atoms with van der Waals surface area (Å²) in [6, 6.07) is 6.05. The number of alkyl halides is 1. The predicted molar refractivity (Wildman–Crippen MR) is 75.9 cm³/mol. The maximum atomic E-state index is 12.1. The maximum absolute atomic E-state index is 12.1. The summed E-state index contributed by atoms with van der Waals surface area (Å²) in [5.41, 5.74) is 3.16. The minimum absolute atomic E-state index is 0.283. The molecule has 0 saturated carbocycles. The zero-order valence-corrected chi connectivity index (χ0v) is 12.4. The Hall–Kier alpha value is -0.540. The third-order valence-electron chi connectivity index (χ3n) is 3.69. The van der Waals surface area contributed by atoms with Crippen LogP contribution in [0.5, 0.6) is 0 Å². The lowest BCUT2D eigenvalue weighted by atomic mass is 9.98. The fourth-order valence-corrected chi connectivity index (χ4v) is 5.34. The summed E-state index contributed by atoms with van der Waals surface area (Å²) >= 11 is 6.47. The molecule has 4 heteroatoms. The molecule has 1 aromatic rings. The molecule has 1 heterocycles. The number of halogens is 1. The Kier molecular flexibility index (Phi) is 4.02. The molecule has 0 N–H and O–H groups in total. The second-order valence-corrected chi connectivity index (χ2v) is 7.97. The van der Waals surface area contributed by atoms with Crippen LogP contribution >= 0.6 is 11.6 Å². The molecule has 1 aliphatic rings. The molecule has 0 aromatic heterocycles. The highest BCUT2D eigenvalue weighted by molar-refractivity contribution is 7.92. The van der Waals surface area contributed by atoms with Gasteiger partial charge in [-0.25, -0.2) is 8.42 Å². The summed E-state index contributed by atoms with van der Waals surface area (Å²) < 4.78 is 24.2. The third kappa shape index (κ3) is 2.72. The van der Waals surface area contributed by atoms with Crippen molar-refractivity contribution < 1.29 is 8.42 Å². The number of benzene rings is 1. The van der Waals surface area contributed by atoms with Gasteiger partial charge in [0, 0.05) is 0 Å². The van der Waals surface area contributed by atoms with Gasteiger partial charge in [-0.1, -0.05) is 30.2 Å². The molecule has 2 rings (SSSR count). The van der Waals surface area contributed by atoms with Crippen molar-refractivity contribution in [3.05, 3.63) is 34.9 Å². The minimum Gasteiger partial charge on any atom is -0.228 e. The van der Waals surface area contributed by atoms with E-state index >= 15 is 0 Å². The standard InChI is InChI=1S/C14H19ClO2S/c1-10-6-7-11(2)12(9-10)14(15)13-5-3-4-8-18(13,16)17/h6-7,9,13-14H,3-5,8H2,1-2H3. The van der Waals surface area contributed by atoms with E-state index in [1.165, 1.54) is 0 Å². The highest BCUT2D eigenvalue weighted by Gasteiger charge is 2.35. The number of rotatable bonds is 2. The average Bonchev–Trinajstić information content (AvgIpc) is 2.31. The van der Waals surface area contributed by atoms with Crippen molar-refractivity contribution in [2.24, 2.45) is 0 Å². The molecule has 2 unspecified atom stereocenters. The molecule has 0 radical (unpaired) electrons. The van der Waals surface area contributed by atoms with E-state index in [2.05, 4.69) is 0 Å². The number of hydrogen-bond acceptors (Lipinski definition) is 2. The zero-order chi connectivity index (χ0) is 13.3. The summed E-state index contributed by atoms with van der Waals surface area (Å²) in [4.78, 5) is 0. The van der Waals surface area contributed by atoms with Gasteiger partial charge < -0.3 is 0 Å². The van der Waals surface area contributed by atoms with Crippen molar-refractivity contribution >= 4 is 21.4 Å². The van der Waals surface area contributed by atoms with Crippen molar-refractivity contribution in [2.45, 2.75) is 43.7 Å². The molecular weight excluding hydrogens is 268 g/mol. The molecule has 2 nitrogen and oxygen atoms in total. The molecule has 1 aliphatic heterocycles. The first-order chi connectivity index (χ1) is 8.42. The van der Waals surface area contributed by atoms with E-state index in [-0.39, 0.29) is 5.75 Å². The van der Waals surface area contributed by atoms with Crippen molar-refractivity contribution in [1.82, 2.24) is 0 Å². The third-order valence-corrected chi connectivity index (χ3v) is 6.66. The van der Waals surface area contributed by atoms with Gasteiger partial charge >= 0.3 is 0 Å². The summed E-state index contributed by atoms with van der Waals surface area (Å²) in [6.07, 6.45) is 2.41. The van der Waals surface area contributed by atoms with Crippen molar-refractivity contribution in [2.75, 3.05) is 5.75 Å². The van der Waals surface area contributed by atoms with Crippen LogP contribution in [0.4, 0.5) is 0 Å². The average molecular weight is 287 g/mol. The van der Waals surface area contributed by atoms with Crippen LogP contribution < -0.4 is 0 Å². The topological polar surface area (TPSA) is 34.1 Å². The SMILES string of the molecule is Cc1ccc(C)c(C(Cl)C2CCCCS2(=O)=O)c1. The quantitative estimate of drug-likeness (QED) is 0.779. The van der Waals surface area contributed by atoms with Crippen molar-refractivity contribution in [3.8, 4) is 0 Å². The molecule has 1 saturated heterocycles. The lowest BCUT2D eigenvalue weighted by Crippen LogP contribution is -2.32. The molecule has 0 aliphatic carbocycles. The highest BCUT2D eigenvalue weighted by Crippen LogP contribution is 2.36. The fourth-order valence-electron chi connectivity index (χ4n) is 2.57. The molecule has 0 amide bonds. The molecule has 100 valence electrons. The van der Waals surface area contributed by atoms with E-state index in [1.54, 1.807) is 0 Å². The predicted octanol–water partition coefficient (Wildman–Crippen LogP) is 3.55. The molecule has 1 aromatic carbocycles. The van der Waals surface area contributed by atoms with Crippen molar-refractivity contribution in [3.63, 3.8) is 0 Å². The van der Waals surface area contributed by atoms with Gasteiger partial charge in [0.25, 0.3) is 0 Å². The van der Waals surface area contributed by atoms with E-state index in [0.717, 1.165) is 29.5 Å². The van der Waals surface area contributed by atoms with E-state index in [9.17, 15) is 8.42 Å². The first-order valence-corrected chi connectivity index (χ1v) is 8.50. The van der Waals surface area contributed by atoms with Gasteiger partial charge in [-0.05, 0) is 37.8 Å². The Bertz CT molecular complexity index is 537. The first kappa shape index (κ1) is 13.9. The van der Waals surface area contributed by atoms with Gasteiger partial charge in [0.05, 0.1) is 16.4 Å². The Morgan fingerprint density at radius 3 is 2.67 bits per heavy atom. The van der Waals surface area contributed by atoms with Gasteiger partial charge in [0.15, 0.2) is 9.84 Å². The van der Waals surface area contributed by atoms with Crippen LogP contribution in [0.2, 0.25) is 0 Å². The van der Waals surface area contributed by atoms with Crippen LogP contribution in [0.15, 0.2) is 18.2 Å². The molecule has 2 atom stereocenters. The molecule has 0 spiro atoms. The van der Waals surface area contributed by atoms with Gasteiger partial charge in [0.2, 0.25) is 0 Å². The summed E-state index contributed by atoms with van der Waals surface area (Å²) in [5.74, 6) is 0.283. The van der Waals surface area contributed by atoms with Gasteiger partial charge in [-0.3, -0.25) is 0 Å². The maximum Gasteiger partial charge on any atom is 0.154 e. The van der Waals surface area contributed by atoms with Gasteiger partial charge in [-0.2, -0.15) is 0 Å². The van der Waals surface area contributed by atoms with E-state index < -0.39 is 20.5 Å². The number of sulfone groups is 1. The molecular formula is C14H19ClO2S. The van der Waals surface area contributed by atoms with E-state index in [4.69, 9.17) is 11.6 Å². The van der Waals surface area contributed by atoms with Crippen LogP contribution in [0.1, 0.15) is 41.3 Å². The fraction of sp³-hybridized carbons (Fsp3) is 0.571. The van der Waals surface area contributed by atoms with Crippen LogP contribution in [0.3, 0.4) is 0 Å². The zero-order valence-electron chi connectivity index (χ0n) is 10.8. The lowest BCUT2D eigenvalue weighted by Gasteiger charge is -2.27. The normalized spacial score (nSPS) is 24.7. The first-order valence-electron chi connectivity index (χ1n) is 6.34. The summed E-state index contributed by atoms with van der Waals surface area (Å²) in [7, 11) is -3.03. The number of hydrogen-bond donors (Lipinski definition) is 0. The van der Waals surface area contributed by atoms with Gasteiger partial charge in [-0.15, -0.1) is 11.6 Å². The Morgan fingerprint density at radius 2 is 2.00 bits per heavy atom. The number of aryl methyl sites for hydroxylation is 2. The van der Waals surface area contributed by atoms with Crippen LogP contribution in [0, 0.1) is 13.8 Å². The molecule has 1 fully saturated rings. The van der Waals surface area contributed by atoms with Crippen LogP contribution in [0.25, 0.3) is 0 Å². The van der Waals surface area contributed by atoms with Gasteiger partial charge in [0.1, 0.15) is 0 Å².